The van der Waals surface area contributed by atoms with E-state index in [9.17, 15) is 19.2 Å². The van der Waals surface area contributed by atoms with Crippen LogP contribution in [0.15, 0.2) is 42.5 Å². The molecule has 0 aromatic heterocycles. The highest BCUT2D eigenvalue weighted by molar-refractivity contribution is 7.80. The van der Waals surface area contributed by atoms with E-state index in [-0.39, 0.29) is 37.2 Å². The molecule has 2 fully saturated rings. The third kappa shape index (κ3) is 8.71. The topological polar surface area (TPSA) is 137 Å². The van der Waals surface area contributed by atoms with Crippen molar-refractivity contribution in [3.63, 3.8) is 0 Å². The summed E-state index contributed by atoms with van der Waals surface area (Å²) in [5, 5.41) is 5.97. The molecule has 2 saturated heterocycles. The lowest BCUT2D eigenvalue weighted by atomic mass is 10.0. The SMILES string of the molecule is CCC(=S)NC[C@H]1CN(c2ccc(N3CCN(C(=O)CCC(=O)c4ccc(CNCC(N)=O)cc4)CC3)c(F)c2)C(=O)O1. The lowest BCUT2D eigenvalue weighted by Gasteiger charge is -2.36. The smallest absolute Gasteiger partial charge is 0.414 e. The number of Topliss-reactive ketones (excluding diaryl/α,β-unsaturated/α-hetero) is 1. The van der Waals surface area contributed by atoms with Gasteiger partial charge in [-0.25, -0.2) is 9.18 Å². The summed E-state index contributed by atoms with van der Waals surface area (Å²) in [6, 6.07) is 11.7. The number of piperazine rings is 1. The van der Waals surface area contributed by atoms with Gasteiger partial charge in [0.05, 0.1) is 36.0 Å². The van der Waals surface area contributed by atoms with E-state index in [1.165, 1.54) is 11.0 Å². The average Bonchev–Trinajstić information content (AvgIpc) is 3.38. The molecule has 11 nitrogen and oxygen atoms in total. The van der Waals surface area contributed by atoms with Gasteiger partial charge in [-0.2, -0.15) is 0 Å². The number of cyclic esters (lactones) is 1. The van der Waals surface area contributed by atoms with Crippen LogP contribution in [0.3, 0.4) is 0 Å². The Morgan fingerprint density at radius 3 is 2.44 bits per heavy atom. The maximum Gasteiger partial charge on any atom is 0.414 e. The molecular weight excluding hydrogens is 575 g/mol. The molecule has 2 aliphatic rings. The highest BCUT2D eigenvalue weighted by Crippen LogP contribution is 2.28. The second-order valence-electron chi connectivity index (χ2n) is 10.5. The summed E-state index contributed by atoms with van der Waals surface area (Å²) < 4.78 is 20.6. The first kappa shape index (κ1) is 31.8. The van der Waals surface area contributed by atoms with E-state index in [0.717, 1.165) is 5.56 Å². The number of primary amides is 1. The van der Waals surface area contributed by atoms with Crippen LogP contribution in [0, 0.1) is 5.82 Å². The molecule has 0 bridgehead atoms. The maximum absolute atomic E-state index is 15.2. The van der Waals surface area contributed by atoms with Gasteiger partial charge < -0.3 is 30.9 Å². The Morgan fingerprint density at radius 1 is 1.07 bits per heavy atom. The van der Waals surface area contributed by atoms with Crippen molar-refractivity contribution in [3.8, 4) is 0 Å². The van der Waals surface area contributed by atoms with Crippen molar-refractivity contribution in [1.29, 1.82) is 0 Å². The Balaban J connectivity index is 1.22. The predicted octanol–water partition coefficient (Wildman–Crippen LogP) is 2.36. The minimum absolute atomic E-state index is 0.0728. The van der Waals surface area contributed by atoms with Gasteiger partial charge in [0.15, 0.2) is 5.78 Å². The molecule has 2 aromatic rings. The number of thiocarbonyl (C=S) groups is 1. The zero-order chi connectivity index (χ0) is 30.9. The number of hydrogen-bond acceptors (Lipinski definition) is 8. The third-order valence-electron chi connectivity index (χ3n) is 7.41. The fourth-order valence-corrected chi connectivity index (χ4v) is 5.05. The Kier molecular flexibility index (Phi) is 11.0. The van der Waals surface area contributed by atoms with E-state index >= 15 is 4.39 Å². The molecule has 1 atom stereocenters. The number of benzene rings is 2. The van der Waals surface area contributed by atoms with E-state index in [4.69, 9.17) is 22.7 Å². The molecule has 2 aromatic carbocycles. The van der Waals surface area contributed by atoms with Gasteiger partial charge in [0.2, 0.25) is 11.8 Å². The lowest BCUT2D eigenvalue weighted by Crippen LogP contribution is -2.49. The van der Waals surface area contributed by atoms with Crippen molar-refractivity contribution < 1.29 is 28.3 Å². The minimum Gasteiger partial charge on any atom is -0.442 e. The summed E-state index contributed by atoms with van der Waals surface area (Å²) in [5.41, 5.74) is 7.35. The zero-order valence-electron chi connectivity index (χ0n) is 24.1. The Labute approximate surface area is 255 Å². The van der Waals surface area contributed by atoms with Crippen LogP contribution >= 0.6 is 12.2 Å². The van der Waals surface area contributed by atoms with Crippen LogP contribution in [0.2, 0.25) is 0 Å². The molecule has 4 rings (SSSR count). The average molecular weight is 613 g/mol. The number of ketones is 1. The number of carbonyl (C=O) groups excluding carboxylic acids is 4. The minimum atomic E-state index is -0.529. The molecule has 0 saturated carbocycles. The fourth-order valence-electron chi connectivity index (χ4n) is 4.97. The van der Waals surface area contributed by atoms with Crippen molar-refractivity contribution in [1.82, 2.24) is 15.5 Å². The summed E-state index contributed by atoms with van der Waals surface area (Å²) in [4.78, 5) is 54.3. The van der Waals surface area contributed by atoms with Crippen LogP contribution in [0.25, 0.3) is 0 Å². The van der Waals surface area contributed by atoms with Gasteiger partial charge in [0, 0.05) is 51.1 Å². The van der Waals surface area contributed by atoms with Gasteiger partial charge in [-0.3, -0.25) is 19.3 Å². The fraction of sp³-hybridized carbons (Fsp3) is 0.433. The molecule has 2 aliphatic heterocycles. The van der Waals surface area contributed by atoms with Crippen LogP contribution in [0.4, 0.5) is 20.6 Å². The van der Waals surface area contributed by atoms with Crippen molar-refractivity contribution in [2.75, 3.05) is 55.6 Å². The number of nitrogens with zero attached hydrogens (tertiary/aromatic N) is 3. The molecule has 2 heterocycles. The van der Waals surface area contributed by atoms with Crippen LogP contribution < -0.4 is 26.2 Å². The zero-order valence-corrected chi connectivity index (χ0v) is 25.0. The number of hydrogen-bond donors (Lipinski definition) is 3. The van der Waals surface area contributed by atoms with Gasteiger partial charge in [0.25, 0.3) is 0 Å². The first-order valence-corrected chi connectivity index (χ1v) is 14.7. The third-order valence-corrected chi connectivity index (χ3v) is 7.84. The van der Waals surface area contributed by atoms with Gasteiger partial charge in [-0.1, -0.05) is 43.4 Å². The van der Waals surface area contributed by atoms with Gasteiger partial charge in [-0.05, 0) is 30.2 Å². The standard InChI is InChI=1S/C30H37FN6O5S/c1-2-28(43)34-17-23-19-37(30(41)42-23)22-7-8-25(24(31)15-22)35-11-13-36(14-12-35)29(40)10-9-26(38)21-5-3-20(4-6-21)16-33-18-27(32)39/h3-8,15,23,33H,2,9-14,16-19H2,1H3,(H2,32,39)(H,34,43)/t23-/m0/s1. The number of carbonyl (C=O) groups is 4. The highest BCUT2D eigenvalue weighted by atomic mass is 32.1. The number of halogens is 1. The van der Waals surface area contributed by atoms with Crippen LogP contribution in [-0.2, 0) is 20.9 Å². The molecular formula is C30H37FN6O5S. The number of nitrogens with two attached hydrogens (primary N) is 1. The van der Waals surface area contributed by atoms with Crippen LogP contribution in [0.1, 0.15) is 42.1 Å². The summed E-state index contributed by atoms with van der Waals surface area (Å²) in [6.07, 6.45) is -0.0280. The molecule has 0 unspecified atom stereocenters. The number of nitrogens with one attached hydrogen (secondary N) is 2. The molecule has 4 N–H and O–H groups in total. The normalized spacial score (nSPS) is 16.7. The molecule has 0 radical (unpaired) electrons. The van der Waals surface area contributed by atoms with Crippen LogP contribution in [0.5, 0.6) is 0 Å². The Hall–Kier alpha value is -4.10. The quantitative estimate of drug-likeness (QED) is 0.230. The monoisotopic (exact) mass is 612 g/mol. The second-order valence-corrected chi connectivity index (χ2v) is 11.0. The van der Waals surface area contributed by atoms with E-state index in [1.807, 2.05) is 11.8 Å². The second kappa shape index (κ2) is 14.9. The summed E-state index contributed by atoms with van der Waals surface area (Å²) in [6.45, 7) is 4.87. The van der Waals surface area contributed by atoms with Crippen molar-refractivity contribution >= 4 is 52.3 Å². The van der Waals surface area contributed by atoms with Gasteiger partial charge in [-0.15, -0.1) is 0 Å². The Morgan fingerprint density at radius 2 is 1.79 bits per heavy atom. The summed E-state index contributed by atoms with van der Waals surface area (Å²) in [7, 11) is 0. The van der Waals surface area contributed by atoms with Crippen molar-refractivity contribution in [2.24, 2.45) is 5.73 Å². The number of rotatable bonds is 13. The first-order chi connectivity index (χ1) is 20.6. The number of ether oxygens (including phenoxy) is 1. The van der Waals surface area contributed by atoms with Crippen LogP contribution in [-0.4, -0.2) is 85.5 Å². The largest absolute Gasteiger partial charge is 0.442 e. The Bertz CT molecular complexity index is 1350. The predicted molar refractivity (Wildman–Crippen MR) is 165 cm³/mol. The molecule has 3 amide bonds. The van der Waals surface area contributed by atoms with E-state index in [0.29, 0.717) is 74.2 Å². The first-order valence-electron chi connectivity index (χ1n) is 14.3. The van der Waals surface area contributed by atoms with Gasteiger partial charge >= 0.3 is 6.09 Å². The van der Waals surface area contributed by atoms with E-state index in [2.05, 4.69) is 10.6 Å². The molecule has 13 heteroatoms. The summed E-state index contributed by atoms with van der Waals surface area (Å²) >= 11 is 5.15. The lowest BCUT2D eigenvalue weighted by molar-refractivity contribution is -0.131. The van der Waals surface area contributed by atoms with Gasteiger partial charge in [0.1, 0.15) is 11.9 Å². The molecule has 43 heavy (non-hydrogen) atoms. The summed E-state index contributed by atoms with van der Waals surface area (Å²) in [5.74, 6) is -1.14. The van der Waals surface area contributed by atoms with E-state index < -0.39 is 17.8 Å². The van der Waals surface area contributed by atoms with Crippen molar-refractivity contribution in [2.45, 2.75) is 38.8 Å². The van der Waals surface area contributed by atoms with E-state index in [1.54, 1.807) is 41.3 Å². The molecule has 0 spiro atoms. The molecule has 230 valence electrons. The number of anilines is 2. The molecule has 0 aliphatic carbocycles. The highest BCUT2D eigenvalue weighted by Gasteiger charge is 2.33. The number of amides is 3. The maximum atomic E-state index is 15.2. The van der Waals surface area contributed by atoms with Crippen molar-refractivity contribution in [3.05, 3.63) is 59.4 Å².